The molecule has 0 aromatic rings. The number of nitrogens with zero attached hydrogens (tertiary/aromatic N) is 1. The maximum atomic E-state index is 12.1. The average Bonchev–Trinajstić information content (AvgIpc) is 2.83. The maximum Gasteiger partial charge on any atom is 0.226 e. The molecule has 0 radical (unpaired) electrons. The molecule has 16 heavy (non-hydrogen) atoms. The van der Waals surface area contributed by atoms with E-state index in [0.717, 1.165) is 51.2 Å². The minimum Gasteiger partial charge on any atom is -0.342 e. The Morgan fingerprint density at radius 1 is 1.31 bits per heavy atom. The number of hydrogen-bond acceptors (Lipinski definition) is 2. The van der Waals surface area contributed by atoms with Crippen molar-refractivity contribution in [1.82, 2.24) is 10.2 Å². The summed E-state index contributed by atoms with van der Waals surface area (Å²) in [6.45, 7) is 3.01. The molecule has 0 bridgehead atoms. The summed E-state index contributed by atoms with van der Waals surface area (Å²) < 4.78 is 0. The Labute approximate surface area is 97.9 Å². The third kappa shape index (κ3) is 2.64. The van der Waals surface area contributed by atoms with Gasteiger partial charge < -0.3 is 10.2 Å². The molecule has 0 atom stereocenters. The number of nitrogens with one attached hydrogen (secondary N) is 1. The lowest BCUT2D eigenvalue weighted by molar-refractivity contribution is -0.136. The summed E-state index contributed by atoms with van der Waals surface area (Å²) in [7, 11) is 2.00. The summed E-state index contributed by atoms with van der Waals surface area (Å²) in [6.07, 6.45) is 8.50. The second kappa shape index (κ2) is 5.48. The zero-order valence-electron chi connectivity index (χ0n) is 10.1. The predicted molar refractivity (Wildman–Crippen MR) is 65.1 cm³/mol. The van der Waals surface area contributed by atoms with Gasteiger partial charge in [-0.3, -0.25) is 4.79 Å². The monoisotopic (exact) mass is 222 g/mol. The number of hydrogen-bond donors (Lipinski definition) is 1. The molecular weight excluding hydrogens is 200 g/mol. The Bertz CT molecular complexity index is 259. The van der Waals surface area contributed by atoms with Gasteiger partial charge >= 0.3 is 0 Å². The van der Waals surface area contributed by atoms with Crippen molar-refractivity contribution < 1.29 is 4.79 Å². The highest BCUT2D eigenvalue weighted by Crippen LogP contribution is 2.23. The number of allylic oxidation sites excluding steroid dienone is 2. The van der Waals surface area contributed by atoms with Crippen LogP contribution in [0.2, 0.25) is 0 Å². The molecule has 1 N–H and O–H groups in total. The number of likely N-dealkylation sites (tertiary alicyclic amines) is 1. The molecule has 1 heterocycles. The number of carbonyl (C=O) groups is 1. The fraction of sp³-hybridized carbons (Fsp3) is 0.769. The van der Waals surface area contributed by atoms with Crippen LogP contribution in [-0.4, -0.2) is 37.5 Å². The van der Waals surface area contributed by atoms with Gasteiger partial charge in [-0.15, -0.1) is 0 Å². The van der Waals surface area contributed by atoms with E-state index in [1.807, 2.05) is 7.05 Å². The fourth-order valence-corrected chi connectivity index (χ4v) is 2.72. The van der Waals surface area contributed by atoms with E-state index in [9.17, 15) is 4.79 Å². The SMILES string of the molecule is CNCC1CCN(C(=O)C2CC=CC2)CC1. The molecule has 1 saturated heterocycles. The molecule has 1 aliphatic heterocycles. The highest BCUT2D eigenvalue weighted by molar-refractivity contribution is 5.79. The molecule has 2 rings (SSSR count). The minimum absolute atomic E-state index is 0.251. The smallest absolute Gasteiger partial charge is 0.226 e. The molecule has 3 heteroatoms. The van der Waals surface area contributed by atoms with Gasteiger partial charge in [0, 0.05) is 19.0 Å². The molecule has 0 unspecified atom stereocenters. The third-order valence-electron chi connectivity index (χ3n) is 3.78. The topological polar surface area (TPSA) is 32.3 Å². The highest BCUT2D eigenvalue weighted by Gasteiger charge is 2.27. The van der Waals surface area contributed by atoms with Gasteiger partial charge in [-0.25, -0.2) is 0 Å². The van der Waals surface area contributed by atoms with E-state index in [4.69, 9.17) is 0 Å². The normalized spacial score (nSPS) is 22.9. The molecule has 0 saturated carbocycles. The molecule has 3 nitrogen and oxygen atoms in total. The molecular formula is C13H22N2O. The van der Waals surface area contributed by atoms with E-state index in [2.05, 4.69) is 22.4 Å². The molecule has 0 aromatic carbocycles. The van der Waals surface area contributed by atoms with Crippen LogP contribution in [0.5, 0.6) is 0 Å². The Morgan fingerprint density at radius 3 is 2.50 bits per heavy atom. The van der Waals surface area contributed by atoms with Crippen molar-refractivity contribution in [2.75, 3.05) is 26.7 Å². The summed E-state index contributed by atoms with van der Waals surface area (Å²) in [4.78, 5) is 14.2. The largest absolute Gasteiger partial charge is 0.342 e. The first-order chi connectivity index (χ1) is 7.81. The van der Waals surface area contributed by atoms with Crippen LogP contribution in [-0.2, 0) is 4.79 Å². The van der Waals surface area contributed by atoms with Crippen LogP contribution in [0.4, 0.5) is 0 Å². The molecule has 0 aromatic heterocycles. The van der Waals surface area contributed by atoms with Crippen LogP contribution in [0.25, 0.3) is 0 Å². The van der Waals surface area contributed by atoms with Crippen LogP contribution in [0.1, 0.15) is 25.7 Å². The van der Waals surface area contributed by atoms with Gasteiger partial charge in [0.15, 0.2) is 0 Å². The van der Waals surface area contributed by atoms with Crippen molar-refractivity contribution in [3.63, 3.8) is 0 Å². The lowest BCUT2D eigenvalue weighted by atomic mass is 9.95. The van der Waals surface area contributed by atoms with Crippen LogP contribution < -0.4 is 5.32 Å². The van der Waals surface area contributed by atoms with Crippen molar-refractivity contribution >= 4 is 5.91 Å². The summed E-state index contributed by atoms with van der Waals surface area (Å²) in [5, 5.41) is 3.22. The summed E-state index contributed by atoms with van der Waals surface area (Å²) in [5.74, 6) is 1.39. The molecule has 90 valence electrons. The quantitative estimate of drug-likeness (QED) is 0.732. The maximum absolute atomic E-state index is 12.1. The minimum atomic E-state index is 0.251. The number of piperidine rings is 1. The third-order valence-corrected chi connectivity index (χ3v) is 3.78. The lowest BCUT2D eigenvalue weighted by Gasteiger charge is -2.33. The Hall–Kier alpha value is -0.830. The predicted octanol–water partition coefficient (Wildman–Crippen LogP) is 1.41. The van der Waals surface area contributed by atoms with Gasteiger partial charge in [0.05, 0.1) is 0 Å². The molecule has 0 spiro atoms. The van der Waals surface area contributed by atoms with Gasteiger partial charge in [0.1, 0.15) is 0 Å². The standard InChI is InChI=1S/C13H22N2O/c1-14-10-11-6-8-15(9-7-11)13(16)12-4-2-3-5-12/h2-3,11-12,14H,4-10H2,1H3. The van der Waals surface area contributed by atoms with Gasteiger partial charge in [-0.2, -0.15) is 0 Å². The average molecular weight is 222 g/mol. The highest BCUT2D eigenvalue weighted by atomic mass is 16.2. The summed E-state index contributed by atoms with van der Waals surface area (Å²) >= 11 is 0. The van der Waals surface area contributed by atoms with Crippen molar-refractivity contribution in [3.8, 4) is 0 Å². The first kappa shape index (κ1) is 11.6. The van der Waals surface area contributed by atoms with E-state index in [-0.39, 0.29) is 5.92 Å². The molecule has 1 aliphatic carbocycles. The molecule has 2 aliphatic rings. The Kier molecular flexibility index (Phi) is 3.99. The first-order valence-electron chi connectivity index (χ1n) is 6.39. The number of carbonyl (C=O) groups excluding carboxylic acids is 1. The van der Waals surface area contributed by atoms with E-state index in [1.54, 1.807) is 0 Å². The van der Waals surface area contributed by atoms with Crippen LogP contribution in [0.3, 0.4) is 0 Å². The van der Waals surface area contributed by atoms with Gasteiger partial charge in [0.25, 0.3) is 0 Å². The van der Waals surface area contributed by atoms with Crippen molar-refractivity contribution in [3.05, 3.63) is 12.2 Å². The van der Waals surface area contributed by atoms with Gasteiger partial charge in [0.2, 0.25) is 5.91 Å². The molecule has 1 amide bonds. The van der Waals surface area contributed by atoms with E-state index in [0.29, 0.717) is 5.91 Å². The second-order valence-corrected chi connectivity index (χ2v) is 4.97. The van der Waals surface area contributed by atoms with Gasteiger partial charge in [-0.1, -0.05) is 12.2 Å². The van der Waals surface area contributed by atoms with E-state index in [1.165, 1.54) is 0 Å². The number of amides is 1. The van der Waals surface area contributed by atoms with Crippen LogP contribution >= 0.6 is 0 Å². The van der Waals surface area contributed by atoms with Crippen molar-refractivity contribution in [2.45, 2.75) is 25.7 Å². The molecule has 1 fully saturated rings. The zero-order valence-corrected chi connectivity index (χ0v) is 10.1. The first-order valence-corrected chi connectivity index (χ1v) is 6.39. The van der Waals surface area contributed by atoms with Crippen molar-refractivity contribution in [1.29, 1.82) is 0 Å². The van der Waals surface area contributed by atoms with Crippen LogP contribution in [0, 0.1) is 11.8 Å². The lowest BCUT2D eigenvalue weighted by Crippen LogP contribution is -2.42. The Balaban J connectivity index is 1.77. The van der Waals surface area contributed by atoms with Crippen molar-refractivity contribution in [2.24, 2.45) is 11.8 Å². The second-order valence-electron chi connectivity index (χ2n) is 4.97. The van der Waals surface area contributed by atoms with E-state index < -0.39 is 0 Å². The number of rotatable bonds is 3. The zero-order chi connectivity index (χ0) is 11.4. The Morgan fingerprint density at radius 2 is 1.94 bits per heavy atom. The summed E-state index contributed by atoms with van der Waals surface area (Å²) in [6, 6.07) is 0. The van der Waals surface area contributed by atoms with Crippen LogP contribution in [0.15, 0.2) is 12.2 Å². The fourth-order valence-electron chi connectivity index (χ4n) is 2.72. The van der Waals surface area contributed by atoms with Gasteiger partial charge in [-0.05, 0) is 45.2 Å². The summed E-state index contributed by atoms with van der Waals surface area (Å²) in [5.41, 5.74) is 0. The van der Waals surface area contributed by atoms with E-state index >= 15 is 0 Å².